The van der Waals surface area contributed by atoms with E-state index in [0.29, 0.717) is 24.9 Å². The molecule has 0 aliphatic carbocycles. The Kier molecular flexibility index (Phi) is 9.89. The van der Waals surface area contributed by atoms with Crippen LogP contribution in [0.15, 0.2) is 65.7 Å². The number of aromatic nitrogens is 2. The second-order valence-electron chi connectivity index (χ2n) is 7.68. The fourth-order valence-electron chi connectivity index (χ4n) is 3.48. The van der Waals surface area contributed by atoms with E-state index in [4.69, 9.17) is 5.73 Å². The van der Waals surface area contributed by atoms with Gasteiger partial charge >= 0.3 is 0 Å². The predicted molar refractivity (Wildman–Crippen MR) is 136 cm³/mol. The zero-order chi connectivity index (χ0) is 24.3. The van der Waals surface area contributed by atoms with Crippen molar-refractivity contribution >= 4 is 34.1 Å². The van der Waals surface area contributed by atoms with Gasteiger partial charge in [0.15, 0.2) is 0 Å². The lowest BCUT2D eigenvalue weighted by atomic mass is 10.1. The van der Waals surface area contributed by atoms with Crippen LogP contribution in [0.5, 0.6) is 0 Å². The summed E-state index contributed by atoms with van der Waals surface area (Å²) in [6.07, 6.45) is 3.43. The van der Waals surface area contributed by atoms with Crippen LogP contribution in [-0.4, -0.2) is 51.2 Å². The van der Waals surface area contributed by atoms with E-state index in [0.717, 1.165) is 35.7 Å². The van der Waals surface area contributed by atoms with Gasteiger partial charge in [0.05, 0.1) is 4.90 Å². The van der Waals surface area contributed by atoms with Crippen LogP contribution in [0.25, 0.3) is 0 Å². The van der Waals surface area contributed by atoms with Crippen molar-refractivity contribution in [3.8, 4) is 0 Å². The normalized spacial score (nSPS) is 13.0. The molecule has 0 saturated carbocycles. The van der Waals surface area contributed by atoms with Crippen LogP contribution in [0, 0.1) is 5.82 Å². The van der Waals surface area contributed by atoms with E-state index in [2.05, 4.69) is 32.8 Å². The fourth-order valence-corrected chi connectivity index (χ4v) is 4.92. The van der Waals surface area contributed by atoms with Gasteiger partial charge in [-0.15, -0.1) is 0 Å². The summed E-state index contributed by atoms with van der Waals surface area (Å²) in [5, 5.41) is 9.44. The van der Waals surface area contributed by atoms with Gasteiger partial charge in [0, 0.05) is 36.7 Å². The van der Waals surface area contributed by atoms with E-state index in [9.17, 15) is 8.60 Å². The van der Waals surface area contributed by atoms with Gasteiger partial charge < -0.3 is 21.7 Å². The van der Waals surface area contributed by atoms with E-state index < -0.39 is 11.0 Å². The SMILES string of the molecule is CCC(CCNC)N(CCN)S(=O)c1ccc(Nc2nccc(Nc3ccc(F)cc3)n2)cc1. The first-order valence-electron chi connectivity index (χ1n) is 11.3. The van der Waals surface area contributed by atoms with Crippen LogP contribution in [-0.2, 0) is 11.0 Å². The average Bonchev–Trinajstić information content (AvgIpc) is 2.85. The molecule has 0 bridgehead atoms. The molecule has 0 aliphatic rings. The number of anilines is 4. The maximum absolute atomic E-state index is 13.3. The summed E-state index contributed by atoms with van der Waals surface area (Å²) in [4.78, 5) is 9.41. The molecule has 0 saturated heterocycles. The van der Waals surface area contributed by atoms with Crippen molar-refractivity contribution < 1.29 is 8.60 Å². The van der Waals surface area contributed by atoms with E-state index >= 15 is 0 Å². The smallest absolute Gasteiger partial charge is 0.229 e. The van der Waals surface area contributed by atoms with Crippen molar-refractivity contribution in [2.75, 3.05) is 37.3 Å². The molecule has 10 heteroatoms. The second kappa shape index (κ2) is 13.1. The summed E-state index contributed by atoms with van der Waals surface area (Å²) in [7, 11) is 0.610. The summed E-state index contributed by atoms with van der Waals surface area (Å²) in [6.45, 7) is 3.97. The topological polar surface area (TPSA) is 108 Å². The number of nitrogens with two attached hydrogens (primary N) is 1. The Hall–Kier alpha value is -2.92. The number of nitrogens with zero attached hydrogens (tertiary/aromatic N) is 3. The van der Waals surface area contributed by atoms with Crippen molar-refractivity contribution in [3.63, 3.8) is 0 Å². The number of benzene rings is 2. The highest BCUT2D eigenvalue weighted by Crippen LogP contribution is 2.22. The number of halogens is 1. The lowest BCUT2D eigenvalue weighted by Gasteiger charge is -2.29. The Morgan fingerprint density at radius 3 is 2.38 bits per heavy atom. The van der Waals surface area contributed by atoms with Gasteiger partial charge in [-0.3, -0.25) is 0 Å². The predicted octanol–water partition coefficient (Wildman–Crippen LogP) is 3.77. The molecule has 1 heterocycles. The van der Waals surface area contributed by atoms with Gasteiger partial charge in [-0.1, -0.05) is 6.92 Å². The lowest BCUT2D eigenvalue weighted by Crippen LogP contribution is -2.41. The van der Waals surface area contributed by atoms with Crippen molar-refractivity contribution in [1.29, 1.82) is 0 Å². The minimum absolute atomic E-state index is 0.180. The number of hydrogen-bond donors (Lipinski definition) is 4. The molecule has 2 aromatic carbocycles. The van der Waals surface area contributed by atoms with Gasteiger partial charge in [-0.05, 0) is 81.0 Å². The highest BCUT2D eigenvalue weighted by Gasteiger charge is 2.22. The van der Waals surface area contributed by atoms with E-state index in [1.807, 2.05) is 35.6 Å². The molecule has 34 heavy (non-hydrogen) atoms. The van der Waals surface area contributed by atoms with Crippen molar-refractivity contribution in [1.82, 2.24) is 19.6 Å². The van der Waals surface area contributed by atoms with Gasteiger partial charge in [0.1, 0.15) is 22.6 Å². The number of nitrogens with one attached hydrogen (secondary N) is 3. The Bertz CT molecular complexity index is 1050. The zero-order valence-electron chi connectivity index (χ0n) is 19.5. The Balaban J connectivity index is 1.67. The molecule has 3 aromatic rings. The first-order chi connectivity index (χ1) is 16.5. The summed E-state index contributed by atoms with van der Waals surface area (Å²) in [6, 6.07) is 15.3. The molecule has 3 rings (SSSR count). The van der Waals surface area contributed by atoms with Crippen LogP contribution in [0.3, 0.4) is 0 Å². The standard InChI is InChI=1S/C24H32FN7OS/c1-3-21(12-15-27-2)32(17-14-26)34(33)22-10-8-20(9-11-22)30-24-28-16-13-23(31-24)29-19-6-4-18(25)5-7-19/h4-11,13,16,21,27H,3,12,14-15,17,26H2,1-2H3,(H2,28,29,30,31). The third kappa shape index (κ3) is 7.29. The van der Waals surface area contributed by atoms with Crippen molar-refractivity contribution in [2.24, 2.45) is 5.73 Å². The highest BCUT2D eigenvalue weighted by atomic mass is 32.2. The largest absolute Gasteiger partial charge is 0.340 e. The van der Waals surface area contributed by atoms with E-state index in [1.54, 1.807) is 24.4 Å². The zero-order valence-corrected chi connectivity index (χ0v) is 20.3. The molecule has 2 unspecified atom stereocenters. The molecule has 1 aromatic heterocycles. The third-order valence-electron chi connectivity index (χ3n) is 5.25. The minimum atomic E-state index is -1.31. The average molecular weight is 486 g/mol. The first kappa shape index (κ1) is 25.7. The first-order valence-corrected chi connectivity index (χ1v) is 12.4. The summed E-state index contributed by atoms with van der Waals surface area (Å²) in [5.41, 5.74) is 7.30. The molecule has 0 radical (unpaired) electrons. The Labute approximate surface area is 202 Å². The van der Waals surface area contributed by atoms with Crippen LogP contribution >= 0.6 is 0 Å². The molecule has 5 N–H and O–H groups in total. The highest BCUT2D eigenvalue weighted by molar-refractivity contribution is 7.82. The van der Waals surface area contributed by atoms with Gasteiger partial charge in [-0.2, -0.15) is 4.98 Å². The molecular weight excluding hydrogens is 453 g/mol. The van der Waals surface area contributed by atoms with Crippen LogP contribution < -0.4 is 21.7 Å². The fraction of sp³-hybridized carbons (Fsp3) is 0.333. The molecule has 8 nitrogen and oxygen atoms in total. The monoisotopic (exact) mass is 485 g/mol. The van der Waals surface area contributed by atoms with Crippen LogP contribution in [0.4, 0.5) is 27.5 Å². The second-order valence-corrected chi connectivity index (χ2v) is 9.12. The van der Waals surface area contributed by atoms with Crippen molar-refractivity contribution in [3.05, 3.63) is 66.6 Å². The minimum Gasteiger partial charge on any atom is -0.340 e. The maximum atomic E-state index is 13.3. The van der Waals surface area contributed by atoms with Crippen LogP contribution in [0.1, 0.15) is 19.8 Å². The third-order valence-corrected chi connectivity index (χ3v) is 6.83. The lowest BCUT2D eigenvalue weighted by molar-refractivity contribution is 0.316. The molecule has 2 atom stereocenters. The number of rotatable bonds is 13. The molecular formula is C24H32FN7OS. The quantitative estimate of drug-likeness (QED) is 0.292. The Morgan fingerprint density at radius 2 is 1.74 bits per heavy atom. The molecule has 0 aliphatic heterocycles. The van der Waals surface area contributed by atoms with Gasteiger partial charge in [0.25, 0.3) is 0 Å². The van der Waals surface area contributed by atoms with Gasteiger partial charge in [-0.25, -0.2) is 17.9 Å². The summed E-state index contributed by atoms with van der Waals surface area (Å²) in [5.74, 6) is 0.685. The Morgan fingerprint density at radius 1 is 1.06 bits per heavy atom. The molecule has 0 fully saturated rings. The van der Waals surface area contributed by atoms with Crippen molar-refractivity contribution in [2.45, 2.75) is 30.7 Å². The molecule has 0 spiro atoms. The molecule has 0 amide bonds. The summed E-state index contributed by atoms with van der Waals surface area (Å²) >= 11 is 0. The molecule has 182 valence electrons. The van der Waals surface area contributed by atoms with Gasteiger partial charge in [0.2, 0.25) is 5.95 Å². The van der Waals surface area contributed by atoms with E-state index in [1.165, 1.54) is 12.1 Å². The van der Waals surface area contributed by atoms with E-state index in [-0.39, 0.29) is 11.9 Å². The maximum Gasteiger partial charge on any atom is 0.229 e. The summed E-state index contributed by atoms with van der Waals surface area (Å²) < 4.78 is 28.4. The number of hydrogen-bond acceptors (Lipinski definition) is 7. The van der Waals surface area contributed by atoms with Crippen LogP contribution in [0.2, 0.25) is 0 Å².